The lowest BCUT2D eigenvalue weighted by Crippen LogP contribution is -2.23. The van der Waals surface area contributed by atoms with E-state index in [0.29, 0.717) is 11.6 Å². The number of rotatable bonds is 5. The van der Waals surface area contributed by atoms with Crippen molar-refractivity contribution in [2.45, 2.75) is 13.0 Å². The fourth-order valence-electron chi connectivity index (χ4n) is 1.94. The van der Waals surface area contributed by atoms with Gasteiger partial charge in [-0.25, -0.2) is 0 Å². The lowest BCUT2D eigenvalue weighted by Gasteiger charge is -2.09. The molecule has 0 saturated carbocycles. The predicted octanol–water partition coefficient (Wildman–Crippen LogP) is 0.302. The Kier molecular flexibility index (Phi) is 4.49. The molecule has 6 heteroatoms. The first kappa shape index (κ1) is 12.8. The Labute approximate surface area is 106 Å². The molecule has 0 aliphatic carbocycles. The molecule has 18 heavy (non-hydrogen) atoms. The van der Waals surface area contributed by atoms with Gasteiger partial charge in [-0.05, 0) is 30.0 Å². The summed E-state index contributed by atoms with van der Waals surface area (Å²) in [5.41, 5.74) is 7.04. The van der Waals surface area contributed by atoms with Crippen molar-refractivity contribution in [3.05, 3.63) is 29.6 Å². The molecule has 0 bridgehead atoms. The number of nitrogens with two attached hydrogens (primary N) is 1. The first-order chi connectivity index (χ1) is 8.79. The van der Waals surface area contributed by atoms with E-state index in [2.05, 4.69) is 15.5 Å². The summed E-state index contributed by atoms with van der Waals surface area (Å²) in [6.45, 7) is 3.40. The Bertz CT molecular complexity index is 416. The van der Waals surface area contributed by atoms with E-state index < -0.39 is 0 Å². The third-order valence-corrected chi connectivity index (χ3v) is 2.98. The molecule has 0 spiro atoms. The van der Waals surface area contributed by atoms with Gasteiger partial charge in [-0.15, -0.1) is 0 Å². The molecule has 1 saturated heterocycles. The Morgan fingerprint density at radius 2 is 2.56 bits per heavy atom. The molecule has 2 rings (SSSR count). The molecule has 1 unspecified atom stereocenters. The van der Waals surface area contributed by atoms with Crippen LogP contribution in [0, 0.1) is 5.92 Å². The largest absolute Gasteiger partial charge is 0.409 e. The smallest absolute Gasteiger partial charge is 0.188 e. The molecule has 0 amide bonds. The number of pyridine rings is 1. The van der Waals surface area contributed by atoms with Gasteiger partial charge >= 0.3 is 0 Å². The van der Waals surface area contributed by atoms with E-state index in [1.165, 1.54) is 0 Å². The highest BCUT2D eigenvalue weighted by molar-refractivity contribution is 5.95. The average Bonchev–Trinajstić information content (AvgIpc) is 2.91. The molecule has 1 aromatic rings. The van der Waals surface area contributed by atoms with Gasteiger partial charge in [0, 0.05) is 25.9 Å². The molecule has 1 fully saturated rings. The second kappa shape index (κ2) is 6.32. The number of hydrogen-bond acceptors (Lipinski definition) is 5. The molecule has 2 heterocycles. The summed E-state index contributed by atoms with van der Waals surface area (Å²) in [5.74, 6) is 0.636. The van der Waals surface area contributed by atoms with E-state index in [1.807, 2.05) is 12.1 Å². The lowest BCUT2D eigenvalue weighted by molar-refractivity contribution is 0.185. The van der Waals surface area contributed by atoms with Crippen LogP contribution in [0.15, 0.2) is 23.5 Å². The van der Waals surface area contributed by atoms with Gasteiger partial charge in [0.1, 0.15) is 5.69 Å². The van der Waals surface area contributed by atoms with E-state index in [9.17, 15) is 0 Å². The quantitative estimate of drug-likeness (QED) is 0.302. The zero-order valence-corrected chi connectivity index (χ0v) is 10.2. The Balaban J connectivity index is 1.85. The topological polar surface area (TPSA) is 92.8 Å². The number of ether oxygens (including phenoxy) is 1. The maximum atomic E-state index is 8.59. The van der Waals surface area contributed by atoms with Crippen LogP contribution in [0.2, 0.25) is 0 Å². The van der Waals surface area contributed by atoms with Crippen molar-refractivity contribution in [1.29, 1.82) is 0 Å². The molecular formula is C12H18N4O2. The van der Waals surface area contributed by atoms with E-state index in [4.69, 9.17) is 15.7 Å². The summed E-state index contributed by atoms with van der Waals surface area (Å²) < 4.78 is 5.31. The van der Waals surface area contributed by atoms with Gasteiger partial charge in [-0.1, -0.05) is 5.16 Å². The van der Waals surface area contributed by atoms with Crippen LogP contribution in [0.3, 0.4) is 0 Å². The van der Waals surface area contributed by atoms with Crippen molar-refractivity contribution < 1.29 is 9.94 Å². The van der Waals surface area contributed by atoms with Gasteiger partial charge in [0.15, 0.2) is 5.84 Å². The summed E-state index contributed by atoms with van der Waals surface area (Å²) in [4.78, 5) is 4.03. The van der Waals surface area contributed by atoms with E-state index in [-0.39, 0.29) is 5.84 Å². The van der Waals surface area contributed by atoms with Crippen molar-refractivity contribution in [3.8, 4) is 0 Å². The van der Waals surface area contributed by atoms with E-state index in [1.54, 1.807) is 6.20 Å². The van der Waals surface area contributed by atoms with Crippen LogP contribution >= 0.6 is 0 Å². The maximum absolute atomic E-state index is 8.59. The highest BCUT2D eigenvalue weighted by Crippen LogP contribution is 2.11. The van der Waals surface area contributed by atoms with Crippen molar-refractivity contribution in [2.75, 3.05) is 19.8 Å². The zero-order chi connectivity index (χ0) is 12.8. The van der Waals surface area contributed by atoms with Gasteiger partial charge < -0.3 is 21.0 Å². The van der Waals surface area contributed by atoms with Crippen molar-refractivity contribution in [2.24, 2.45) is 16.8 Å². The van der Waals surface area contributed by atoms with Gasteiger partial charge in [0.25, 0.3) is 0 Å². The molecular weight excluding hydrogens is 232 g/mol. The third-order valence-electron chi connectivity index (χ3n) is 2.98. The third kappa shape index (κ3) is 3.41. The fraction of sp³-hybridized carbons (Fsp3) is 0.500. The molecule has 0 radical (unpaired) electrons. The zero-order valence-electron chi connectivity index (χ0n) is 10.2. The van der Waals surface area contributed by atoms with Gasteiger partial charge in [-0.2, -0.15) is 0 Å². The normalized spacial score (nSPS) is 20.2. The first-order valence-electron chi connectivity index (χ1n) is 6.01. The van der Waals surface area contributed by atoms with Crippen molar-refractivity contribution >= 4 is 5.84 Å². The molecule has 1 aliphatic heterocycles. The number of hydrogen-bond donors (Lipinski definition) is 3. The minimum atomic E-state index is 0.0287. The first-order valence-corrected chi connectivity index (χ1v) is 6.01. The number of nitrogens with zero attached hydrogens (tertiary/aromatic N) is 2. The Hall–Kier alpha value is -1.66. The Morgan fingerprint density at radius 1 is 1.67 bits per heavy atom. The number of aromatic nitrogens is 1. The van der Waals surface area contributed by atoms with Crippen molar-refractivity contribution in [1.82, 2.24) is 10.3 Å². The Morgan fingerprint density at radius 3 is 3.28 bits per heavy atom. The summed E-state index contributed by atoms with van der Waals surface area (Å²) in [7, 11) is 0. The fourth-order valence-corrected chi connectivity index (χ4v) is 1.94. The number of nitrogens with one attached hydrogen (secondary N) is 1. The molecule has 98 valence electrons. The summed E-state index contributed by atoms with van der Waals surface area (Å²) >= 11 is 0. The summed E-state index contributed by atoms with van der Waals surface area (Å²) in [6.07, 6.45) is 2.78. The van der Waals surface area contributed by atoms with Crippen LogP contribution < -0.4 is 11.1 Å². The highest BCUT2D eigenvalue weighted by atomic mass is 16.5. The van der Waals surface area contributed by atoms with Gasteiger partial charge in [0.05, 0.1) is 6.61 Å². The minimum Gasteiger partial charge on any atom is -0.409 e. The maximum Gasteiger partial charge on any atom is 0.188 e. The molecule has 1 aromatic heterocycles. The standard InChI is InChI=1S/C12H18N4O2/c13-12(16-17)11-5-9(1-3-15-11)6-14-7-10-2-4-18-8-10/h1,3,5,10,14,17H,2,4,6-8H2,(H2,13,16). The second-order valence-electron chi connectivity index (χ2n) is 4.40. The van der Waals surface area contributed by atoms with Crippen LogP contribution in [0.4, 0.5) is 0 Å². The molecule has 1 aliphatic rings. The minimum absolute atomic E-state index is 0.0287. The molecule has 6 nitrogen and oxygen atoms in total. The van der Waals surface area contributed by atoms with Crippen molar-refractivity contribution in [3.63, 3.8) is 0 Å². The van der Waals surface area contributed by atoms with E-state index >= 15 is 0 Å². The van der Waals surface area contributed by atoms with Crippen LogP contribution in [0.1, 0.15) is 17.7 Å². The number of oxime groups is 1. The SMILES string of the molecule is N/C(=N\O)c1cc(CNCC2CCOC2)ccn1. The van der Waals surface area contributed by atoms with Crippen LogP contribution in [-0.2, 0) is 11.3 Å². The van der Waals surface area contributed by atoms with Gasteiger partial charge in [0.2, 0.25) is 0 Å². The lowest BCUT2D eigenvalue weighted by atomic mass is 10.1. The average molecular weight is 250 g/mol. The van der Waals surface area contributed by atoms with Gasteiger partial charge in [-0.3, -0.25) is 4.98 Å². The monoisotopic (exact) mass is 250 g/mol. The summed E-state index contributed by atoms with van der Waals surface area (Å²) in [6, 6.07) is 3.72. The van der Waals surface area contributed by atoms with Crippen LogP contribution in [-0.4, -0.2) is 35.8 Å². The molecule has 4 N–H and O–H groups in total. The number of amidine groups is 1. The van der Waals surface area contributed by atoms with Crippen LogP contribution in [0.5, 0.6) is 0 Å². The molecule has 0 aromatic carbocycles. The van der Waals surface area contributed by atoms with Crippen LogP contribution in [0.25, 0.3) is 0 Å². The highest BCUT2D eigenvalue weighted by Gasteiger charge is 2.14. The second-order valence-corrected chi connectivity index (χ2v) is 4.40. The van der Waals surface area contributed by atoms with E-state index in [0.717, 1.165) is 38.3 Å². The molecule has 1 atom stereocenters. The summed E-state index contributed by atoms with van der Waals surface area (Å²) in [5, 5.41) is 14.9. The predicted molar refractivity (Wildman–Crippen MR) is 67.4 cm³/mol.